The van der Waals surface area contributed by atoms with E-state index < -0.39 is 6.10 Å². The summed E-state index contributed by atoms with van der Waals surface area (Å²) in [4.78, 5) is 23.5. The number of ketones is 1. The van der Waals surface area contributed by atoms with Gasteiger partial charge in [-0.3, -0.25) is 9.59 Å². The molecule has 0 saturated carbocycles. The molecule has 1 atom stereocenters. The van der Waals surface area contributed by atoms with E-state index in [-0.39, 0.29) is 23.7 Å². The number of carbonyl (C=O) groups is 2. The maximum absolute atomic E-state index is 12.0. The molecular weight excluding hydrogens is 242 g/mol. The van der Waals surface area contributed by atoms with Crippen LogP contribution in [0.25, 0.3) is 0 Å². The number of carbonyl (C=O) groups excluding carboxylic acids is 2. The molecule has 0 heterocycles. The van der Waals surface area contributed by atoms with E-state index in [1.54, 1.807) is 24.3 Å². The molecule has 1 aromatic rings. The Morgan fingerprint density at radius 1 is 1.21 bits per heavy atom. The minimum atomic E-state index is -0.638. The molecule has 0 fully saturated rings. The second-order valence-electron chi connectivity index (χ2n) is 5.69. The summed E-state index contributed by atoms with van der Waals surface area (Å²) in [7, 11) is 0. The molecule has 4 heteroatoms. The first kappa shape index (κ1) is 15.4. The summed E-state index contributed by atoms with van der Waals surface area (Å²) in [5.74, 6) is -0.490. The van der Waals surface area contributed by atoms with Crippen molar-refractivity contribution in [3.8, 4) is 0 Å². The number of hydrogen-bond acceptors (Lipinski definition) is 3. The number of nitrogens with one attached hydrogen (secondary N) is 1. The summed E-state index contributed by atoms with van der Waals surface area (Å²) in [6.07, 6.45) is -0.638. The Bertz CT molecular complexity index is 475. The van der Waals surface area contributed by atoms with Crippen molar-refractivity contribution < 1.29 is 14.7 Å². The molecule has 19 heavy (non-hydrogen) atoms. The average molecular weight is 263 g/mol. The largest absolute Gasteiger partial charge is 0.391 e. The lowest BCUT2D eigenvalue weighted by atomic mass is 9.89. The van der Waals surface area contributed by atoms with Gasteiger partial charge in [0.15, 0.2) is 5.78 Å². The fourth-order valence-electron chi connectivity index (χ4n) is 1.58. The highest BCUT2D eigenvalue weighted by molar-refractivity contribution is 6.07. The second-order valence-corrected chi connectivity index (χ2v) is 5.69. The van der Waals surface area contributed by atoms with E-state index in [0.717, 1.165) is 0 Å². The van der Waals surface area contributed by atoms with Crippen molar-refractivity contribution in [2.24, 2.45) is 5.41 Å². The predicted molar refractivity (Wildman–Crippen MR) is 74.2 cm³/mol. The van der Waals surface area contributed by atoms with Crippen LogP contribution in [0.5, 0.6) is 0 Å². The van der Waals surface area contributed by atoms with Crippen LogP contribution in [0.15, 0.2) is 24.3 Å². The van der Waals surface area contributed by atoms with Crippen LogP contribution in [0.3, 0.4) is 0 Å². The number of rotatable bonds is 4. The molecular formula is C15H21NO3. The van der Waals surface area contributed by atoms with Crippen LogP contribution < -0.4 is 5.32 Å². The first-order valence-corrected chi connectivity index (χ1v) is 6.29. The summed E-state index contributed by atoms with van der Waals surface area (Å²) < 4.78 is 0. The van der Waals surface area contributed by atoms with Crippen LogP contribution >= 0.6 is 0 Å². The van der Waals surface area contributed by atoms with Gasteiger partial charge in [-0.15, -0.1) is 0 Å². The third-order valence-electron chi connectivity index (χ3n) is 3.01. The summed E-state index contributed by atoms with van der Waals surface area (Å²) in [5.41, 5.74) is 0.439. The first-order valence-electron chi connectivity index (χ1n) is 6.29. The Balaban J connectivity index is 2.77. The van der Waals surface area contributed by atoms with Crippen molar-refractivity contribution in [1.82, 2.24) is 5.32 Å². The lowest BCUT2D eigenvalue weighted by molar-refractivity contribution is 0.0586. The maximum Gasteiger partial charge on any atom is 0.252 e. The zero-order chi connectivity index (χ0) is 14.6. The predicted octanol–water partition coefficient (Wildman–Crippen LogP) is 2.03. The third-order valence-corrected chi connectivity index (χ3v) is 3.01. The average Bonchev–Trinajstić information content (AvgIpc) is 2.34. The maximum atomic E-state index is 12.0. The zero-order valence-corrected chi connectivity index (χ0v) is 11.9. The van der Waals surface area contributed by atoms with Gasteiger partial charge in [0.2, 0.25) is 0 Å². The van der Waals surface area contributed by atoms with Gasteiger partial charge in [-0.05, 0) is 18.4 Å². The van der Waals surface area contributed by atoms with Gasteiger partial charge in [-0.2, -0.15) is 0 Å². The van der Waals surface area contributed by atoms with Gasteiger partial charge in [0, 0.05) is 12.1 Å². The molecule has 0 bridgehead atoms. The van der Waals surface area contributed by atoms with Crippen LogP contribution in [-0.2, 0) is 0 Å². The molecule has 0 aromatic heterocycles. The molecule has 1 rings (SSSR count). The molecule has 1 unspecified atom stereocenters. The Morgan fingerprint density at radius 2 is 1.74 bits per heavy atom. The van der Waals surface area contributed by atoms with Crippen molar-refractivity contribution in [1.29, 1.82) is 0 Å². The SMILES string of the molecule is CC(=O)c1ccccc1C(=O)NCC(O)C(C)(C)C. The van der Waals surface area contributed by atoms with E-state index in [4.69, 9.17) is 0 Å². The van der Waals surface area contributed by atoms with E-state index >= 15 is 0 Å². The Kier molecular flexibility index (Phi) is 4.84. The molecule has 104 valence electrons. The molecule has 0 spiro atoms. The van der Waals surface area contributed by atoms with Gasteiger partial charge < -0.3 is 10.4 Å². The van der Waals surface area contributed by atoms with Gasteiger partial charge in [-0.25, -0.2) is 0 Å². The van der Waals surface area contributed by atoms with Gasteiger partial charge in [0.1, 0.15) is 0 Å². The van der Waals surface area contributed by atoms with Gasteiger partial charge in [-0.1, -0.05) is 39.0 Å². The number of Topliss-reactive ketones (excluding diaryl/α,β-unsaturated/α-hetero) is 1. The number of aliphatic hydroxyl groups is 1. The zero-order valence-electron chi connectivity index (χ0n) is 11.9. The first-order chi connectivity index (χ1) is 8.73. The van der Waals surface area contributed by atoms with Crippen LogP contribution in [0.1, 0.15) is 48.4 Å². The second kappa shape index (κ2) is 5.97. The van der Waals surface area contributed by atoms with Crippen molar-refractivity contribution >= 4 is 11.7 Å². The molecule has 0 aliphatic rings. The topological polar surface area (TPSA) is 66.4 Å². The summed E-state index contributed by atoms with van der Waals surface area (Å²) in [5, 5.41) is 12.5. The van der Waals surface area contributed by atoms with E-state index in [0.29, 0.717) is 11.1 Å². The number of amides is 1. The van der Waals surface area contributed by atoms with Crippen LogP contribution in [0.2, 0.25) is 0 Å². The number of hydrogen-bond donors (Lipinski definition) is 2. The minimum absolute atomic E-state index is 0.151. The summed E-state index contributed by atoms with van der Waals surface area (Å²) in [6.45, 7) is 7.28. The summed E-state index contributed by atoms with van der Waals surface area (Å²) >= 11 is 0. The van der Waals surface area contributed by atoms with Crippen molar-refractivity contribution in [3.05, 3.63) is 35.4 Å². The molecule has 0 radical (unpaired) electrons. The molecule has 4 nitrogen and oxygen atoms in total. The number of aliphatic hydroxyl groups excluding tert-OH is 1. The molecule has 1 aromatic carbocycles. The molecule has 0 aliphatic carbocycles. The van der Waals surface area contributed by atoms with Gasteiger partial charge in [0.25, 0.3) is 5.91 Å². The summed E-state index contributed by atoms with van der Waals surface area (Å²) in [6, 6.07) is 6.66. The van der Waals surface area contributed by atoms with Crippen molar-refractivity contribution in [3.63, 3.8) is 0 Å². The molecule has 1 amide bonds. The Labute approximate surface area is 113 Å². The fraction of sp³-hybridized carbons (Fsp3) is 0.467. The van der Waals surface area contributed by atoms with Gasteiger partial charge in [0.05, 0.1) is 11.7 Å². The normalized spacial score (nSPS) is 12.9. The lowest BCUT2D eigenvalue weighted by Crippen LogP contribution is -2.39. The highest BCUT2D eigenvalue weighted by Crippen LogP contribution is 2.18. The monoisotopic (exact) mass is 263 g/mol. The van der Waals surface area contributed by atoms with Crippen LogP contribution in [-0.4, -0.2) is 29.4 Å². The van der Waals surface area contributed by atoms with E-state index in [1.165, 1.54) is 6.92 Å². The molecule has 2 N–H and O–H groups in total. The third kappa shape index (κ3) is 4.17. The Morgan fingerprint density at radius 3 is 2.21 bits per heavy atom. The van der Waals surface area contributed by atoms with Crippen LogP contribution in [0, 0.1) is 5.41 Å². The quantitative estimate of drug-likeness (QED) is 0.817. The van der Waals surface area contributed by atoms with Gasteiger partial charge >= 0.3 is 0 Å². The van der Waals surface area contributed by atoms with Crippen molar-refractivity contribution in [2.45, 2.75) is 33.8 Å². The molecule has 0 saturated heterocycles. The Hall–Kier alpha value is -1.68. The highest BCUT2D eigenvalue weighted by atomic mass is 16.3. The van der Waals surface area contributed by atoms with E-state index in [2.05, 4.69) is 5.32 Å². The highest BCUT2D eigenvalue weighted by Gasteiger charge is 2.23. The van der Waals surface area contributed by atoms with E-state index in [1.807, 2.05) is 20.8 Å². The lowest BCUT2D eigenvalue weighted by Gasteiger charge is -2.26. The van der Waals surface area contributed by atoms with E-state index in [9.17, 15) is 14.7 Å². The van der Waals surface area contributed by atoms with Crippen LogP contribution in [0.4, 0.5) is 0 Å². The minimum Gasteiger partial charge on any atom is -0.391 e. The fourth-order valence-corrected chi connectivity index (χ4v) is 1.58. The standard InChI is InChI=1S/C15H21NO3/c1-10(17)11-7-5-6-8-12(11)14(19)16-9-13(18)15(2,3)4/h5-8,13,18H,9H2,1-4H3,(H,16,19). The number of benzene rings is 1. The smallest absolute Gasteiger partial charge is 0.252 e. The van der Waals surface area contributed by atoms with Crippen molar-refractivity contribution in [2.75, 3.05) is 6.54 Å². The molecule has 0 aliphatic heterocycles.